The molecule has 0 aliphatic carbocycles. The maximum Gasteiger partial charge on any atom is 0.271 e. The van der Waals surface area contributed by atoms with E-state index in [4.69, 9.17) is 0 Å². The summed E-state index contributed by atoms with van der Waals surface area (Å²) in [5, 5.41) is 13.6. The highest BCUT2D eigenvalue weighted by molar-refractivity contribution is 6.08. The largest absolute Gasteiger partial charge is 0.347 e. The highest BCUT2D eigenvalue weighted by atomic mass is 19.1. The molecule has 0 unspecified atom stereocenters. The number of quaternary nitrogens is 1. The first-order valence-electron chi connectivity index (χ1n) is 7.97. The number of benzene rings is 1. The Balaban J connectivity index is 1.73. The lowest BCUT2D eigenvalue weighted by Gasteiger charge is -2.21. The molecule has 3 rings (SSSR count). The van der Waals surface area contributed by atoms with Gasteiger partial charge in [0, 0.05) is 18.9 Å². The van der Waals surface area contributed by atoms with Gasteiger partial charge in [0.15, 0.2) is 0 Å². The number of aromatic amines is 1. The molecule has 0 bridgehead atoms. The number of nitrogens with one attached hydrogen (secondary N) is 3. The smallest absolute Gasteiger partial charge is 0.271 e. The van der Waals surface area contributed by atoms with Crippen LogP contribution in [-0.4, -0.2) is 41.1 Å². The lowest BCUT2D eigenvalue weighted by Crippen LogP contribution is -2.87. The molecule has 2 aromatic rings. The van der Waals surface area contributed by atoms with Crippen LogP contribution in [0.2, 0.25) is 0 Å². The molecule has 1 aliphatic heterocycles. The predicted octanol–water partition coefficient (Wildman–Crippen LogP) is 0.396. The summed E-state index contributed by atoms with van der Waals surface area (Å²) in [4.78, 5) is 24.5. The van der Waals surface area contributed by atoms with Gasteiger partial charge in [-0.05, 0) is 12.1 Å². The minimum atomic E-state index is -0.988. The van der Waals surface area contributed by atoms with E-state index in [1.165, 1.54) is 12.3 Å². The molecule has 1 aliphatic rings. The van der Waals surface area contributed by atoms with E-state index < -0.39 is 29.0 Å². The van der Waals surface area contributed by atoms with Gasteiger partial charge < -0.3 is 16.0 Å². The monoisotopic (exact) mass is 350 g/mol. The van der Waals surface area contributed by atoms with Crippen molar-refractivity contribution in [2.75, 3.05) is 18.4 Å². The van der Waals surface area contributed by atoms with Crippen molar-refractivity contribution >= 4 is 17.5 Å². The molecule has 7 nitrogen and oxygen atoms in total. The Bertz CT molecular complexity index is 766. The van der Waals surface area contributed by atoms with E-state index in [2.05, 4.69) is 26.1 Å². The van der Waals surface area contributed by atoms with Crippen LogP contribution in [0.3, 0.4) is 0 Å². The van der Waals surface area contributed by atoms with E-state index in [9.17, 15) is 18.4 Å². The van der Waals surface area contributed by atoms with Gasteiger partial charge in [-0.2, -0.15) is 5.10 Å². The zero-order valence-corrected chi connectivity index (χ0v) is 13.3. The maximum absolute atomic E-state index is 13.7. The summed E-state index contributed by atoms with van der Waals surface area (Å²) in [6.45, 7) is 1.87. The van der Waals surface area contributed by atoms with Crippen molar-refractivity contribution in [1.82, 2.24) is 15.5 Å². The van der Waals surface area contributed by atoms with Crippen molar-refractivity contribution in [2.24, 2.45) is 0 Å². The molecule has 1 aromatic heterocycles. The lowest BCUT2D eigenvalue weighted by molar-refractivity contribution is -0.663. The van der Waals surface area contributed by atoms with Crippen molar-refractivity contribution in [3.63, 3.8) is 0 Å². The van der Waals surface area contributed by atoms with Crippen LogP contribution in [0.15, 0.2) is 24.4 Å². The van der Waals surface area contributed by atoms with Crippen molar-refractivity contribution in [3.05, 3.63) is 47.3 Å². The van der Waals surface area contributed by atoms with E-state index in [-0.39, 0.29) is 17.4 Å². The molecule has 0 spiro atoms. The van der Waals surface area contributed by atoms with E-state index in [0.717, 1.165) is 38.1 Å². The number of carbonyl (C=O) groups is 2. The topological polar surface area (TPSA) is 103 Å². The normalized spacial score (nSPS) is 15.0. The number of anilines is 1. The van der Waals surface area contributed by atoms with Crippen molar-refractivity contribution in [3.8, 4) is 0 Å². The number of hydrogen-bond donors (Lipinski definition) is 4. The van der Waals surface area contributed by atoms with Crippen LogP contribution in [0.5, 0.6) is 0 Å². The SMILES string of the molecule is O=C(NC1CC[NH2+]CC1)c1[nH]ncc1NC(=O)c1c(F)cccc1F. The van der Waals surface area contributed by atoms with Crippen LogP contribution < -0.4 is 16.0 Å². The second kappa shape index (κ2) is 7.39. The third-order valence-corrected chi connectivity index (χ3v) is 4.08. The highest BCUT2D eigenvalue weighted by Gasteiger charge is 2.23. The maximum atomic E-state index is 13.7. The van der Waals surface area contributed by atoms with Crippen molar-refractivity contribution in [1.29, 1.82) is 0 Å². The zero-order valence-electron chi connectivity index (χ0n) is 13.3. The molecule has 1 fully saturated rings. The first-order chi connectivity index (χ1) is 12.1. The number of halogens is 2. The number of nitrogens with two attached hydrogens (primary N) is 1. The first-order valence-corrected chi connectivity index (χ1v) is 7.97. The molecule has 9 heteroatoms. The van der Waals surface area contributed by atoms with Gasteiger partial charge in [-0.15, -0.1) is 0 Å². The van der Waals surface area contributed by atoms with Gasteiger partial charge in [-0.1, -0.05) is 6.07 Å². The highest BCUT2D eigenvalue weighted by Crippen LogP contribution is 2.17. The number of rotatable bonds is 4. The number of hydrogen-bond acceptors (Lipinski definition) is 3. The second-order valence-electron chi connectivity index (χ2n) is 5.82. The summed E-state index contributed by atoms with van der Waals surface area (Å²) in [5.74, 6) is -3.37. The average molecular weight is 350 g/mol. The molecule has 0 radical (unpaired) electrons. The van der Waals surface area contributed by atoms with Gasteiger partial charge >= 0.3 is 0 Å². The summed E-state index contributed by atoms with van der Waals surface area (Å²) in [5.41, 5.74) is -0.606. The number of piperidine rings is 1. The van der Waals surface area contributed by atoms with Gasteiger partial charge in [0.2, 0.25) is 0 Å². The predicted molar refractivity (Wildman–Crippen MR) is 85.0 cm³/mol. The van der Waals surface area contributed by atoms with Crippen molar-refractivity contribution < 1.29 is 23.7 Å². The standard InChI is InChI=1S/C16H17F2N5O2/c17-10-2-1-3-11(18)13(10)15(24)22-12-8-20-23-14(12)16(25)21-9-4-6-19-7-5-9/h1-3,8-9,19H,4-7H2,(H,20,23)(H,21,25)(H,22,24)/p+1. The van der Waals surface area contributed by atoms with Crippen LogP contribution in [0.25, 0.3) is 0 Å². The Morgan fingerprint density at radius 1 is 1.16 bits per heavy atom. The van der Waals surface area contributed by atoms with E-state index in [0.29, 0.717) is 0 Å². The van der Waals surface area contributed by atoms with E-state index in [1.54, 1.807) is 0 Å². The number of amides is 2. The average Bonchev–Trinajstić information content (AvgIpc) is 3.04. The fraction of sp³-hybridized carbons (Fsp3) is 0.312. The molecule has 2 amide bonds. The minimum Gasteiger partial charge on any atom is -0.347 e. The Morgan fingerprint density at radius 3 is 2.52 bits per heavy atom. The molecule has 132 valence electrons. The molecular formula is C16H18F2N5O2+. The van der Waals surface area contributed by atoms with E-state index >= 15 is 0 Å². The summed E-state index contributed by atoms with van der Waals surface area (Å²) < 4.78 is 27.4. The molecule has 5 N–H and O–H groups in total. The quantitative estimate of drug-likeness (QED) is 0.641. The van der Waals surface area contributed by atoms with Gasteiger partial charge in [-0.25, -0.2) is 8.78 Å². The Kier molecular flexibility index (Phi) is 5.03. The molecule has 0 saturated carbocycles. The summed E-state index contributed by atoms with van der Waals surface area (Å²) in [7, 11) is 0. The lowest BCUT2D eigenvalue weighted by atomic mass is 10.1. The molecule has 2 heterocycles. The fourth-order valence-electron chi connectivity index (χ4n) is 2.78. The van der Waals surface area contributed by atoms with Gasteiger partial charge in [0.25, 0.3) is 11.8 Å². The molecule has 0 atom stereocenters. The van der Waals surface area contributed by atoms with Crippen LogP contribution >= 0.6 is 0 Å². The fourth-order valence-corrected chi connectivity index (χ4v) is 2.78. The summed E-state index contributed by atoms with van der Waals surface area (Å²) in [6.07, 6.45) is 2.92. The van der Waals surface area contributed by atoms with Gasteiger partial charge in [-0.3, -0.25) is 14.7 Å². The second-order valence-corrected chi connectivity index (χ2v) is 5.82. The Hall–Kier alpha value is -2.81. The number of aromatic nitrogens is 2. The number of nitrogens with zero attached hydrogens (tertiary/aromatic N) is 1. The van der Waals surface area contributed by atoms with Gasteiger partial charge in [0.1, 0.15) is 22.9 Å². The summed E-state index contributed by atoms with van der Waals surface area (Å²) in [6, 6.07) is 3.19. The third kappa shape index (κ3) is 3.82. The molecule has 1 saturated heterocycles. The molecular weight excluding hydrogens is 332 g/mol. The number of H-pyrrole nitrogens is 1. The Labute approximate surface area is 142 Å². The van der Waals surface area contributed by atoms with Crippen LogP contribution in [0.4, 0.5) is 14.5 Å². The summed E-state index contributed by atoms with van der Waals surface area (Å²) >= 11 is 0. The van der Waals surface area contributed by atoms with E-state index in [1.807, 2.05) is 0 Å². The van der Waals surface area contributed by atoms with Gasteiger partial charge in [0.05, 0.1) is 25.0 Å². The van der Waals surface area contributed by atoms with Crippen LogP contribution in [0, 0.1) is 11.6 Å². The number of carbonyl (C=O) groups excluding carboxylic acids is 2. The van der Waals surface area contributed by atoms with Crippen LogP contribution in [0.1, 0.15) is 33.7 Å². The minimum absolute atomic E-state index is 0.0413. The third-order valence-electron chi connectivity index (χ3n) is 4.08. The Morgan fingerprint density at radius 2 is 1.84 bits per heavy atom. The zero-order chi connectivity index (χ0) is 17.8. The first kappa shape index (κ1) is 17.0. The molecule has 1 aromatic carbocycles. The van der Waals surface area contributed by atoms with Crippen LogP contribution in [-0.2, 0) is 0 Å². The van der Waals surface area contributed by atoms with Crippen molar-refractivity contribution in [2.45, 2.75) is 18.9 Å². The molecule has 25 heavy (non-hydrogen) atoms.